The van der Waals surface area contributed by atoms with Crippen molar-refractivity contribution in [2.45, 2.75) is 31.4 Å². The molecule has 27 heavy (non-hydrogen) atoms. The van der Waals surface area contributed by atoms with Gasteiger partial charge in [0.1, 0.15) is 5.75 Å². The van der Waals surface area contributed by atoms with Crippen molar-refractivity contribution in [1.29, 1.82) is 0 Å². The van der Waals surface area contributed by atoms with Crippen molar-refractivity contribution in [3.63, 3.8) is 0 Å². The molecular weight excluding hydrogens is 356 g/mol. The molecule has 0 saturated heterocycles. The molecule has 0 atom stereocenters. The fourth-order valence-electron chi connectivity index (χ4n) is 3.07. The molecule has 5 heteroatoms. The van der Waals surface area contributed by atoms with Crippen molar-refractivity contribution >= 4 is 22.5 Å². The lowest BCUT2D eigenvalue weighted by Crippen LogP contribution is -1.96. The van der Waals surface area contributed by atoms with Crippen LogP contribution in [-0.4, -0.2) is 10.2 Å². The van der Waals surface area contributed by atoms with Gasteiger partial charge in [0.25, 0.3) is 11.1 Å². The van der Waals surface area contributed by atoms with E-state index in [2.05, 4.69) is 72.6 Å². The standard InChI is InChI=1S/C22H20N2O2S/c1-15-10-16(2)12-19(11-15)25-13-21-23-24-22(26-21)27-14-18-8-5-7-17-6-3-4-9-20(17)18/h3-12H,13-14H2,1-2H3. The van der Waals surface area contributed by atoms with Gasteiger partial charge in [-0.1, -0.05) is 60.3 Å². The minimum atomic E-state index is 0.269. The second kappa shape index (κ2) is 7.84. The van der Waals surface area contributed by atoms with E-state index in [0.29, 0.717) is 11.1 Å². The normalized spacial score (nSPS) is 11.0. The number of hydrogen-bond donors (Lipinski definition) is 0. The molecule has 0 amide bonds. The maximum Gasteiger partial charge on any atom is 0.277 e. The summed E-state index contributed by atoms with van der Waals surface area (Å²) in [6, 6.07) is 20.8. The van der Waals surface area contributed by atoms with E-state index >= 15 is 0 Å². The van der Waals surface area contributed by atoms with Gasteiger partial charge in [-0.05, 0) is 53.4 Å². The quantitative estimate of drug-likeness (QED) is 0.403. The van der Waals surface area contributed by atoms with Crippen LogP contribution in [-0.2, 0) is 12.4 Å². The molecule has 0 aliphatic carbocycles. The Labute approximate surface area is 162 Å². The third-order valence-electron chi connectivity index (χ3n) is 4.24. The fraction of sp³-hybridized carbons (Fsp3) is 0.182. The summed E-state index contributed by atoms with van der Waals surface area (Å²) in [7, 11) is 0. The molecule has 136 valence electrons. The summed E-state index contributed by atoms with van der Waals surface area (Å²) in [6.07, 6.45) is 0. The maximum absolute atomic E-state index is 5.78. The van der Waals surface area contributed by atoms with E-state index in [1.54, 1.807) is 0 Å². The van der Waals surface area contributed by atoms with E-state index in [4.69, 9.17) is 9.15 Å². The van der Waals surface area contributed by atoms with Gasteiger partial charge in [-0.2, -0.15) is 0 Å². The van der Waals surface area contributed by atoms with E-state index in [1.165, 1.54) is 39.2 Å². The lowest BCUT2D eigenvalue weighted by atomic mass is 10.1. The molecule has 0 aliphatic rings. The number of nitrogens with zero attached hydrogens (tertiary/aromatic N) is 2. The van der Waals surface area contributed by atoms with Crippen LogP contribution in [0, 0.1) is 13.8 Å². The zero-order valence-electron chi connectivity index (χ0n) is 15.3. The second-order valence-electron chi connectivity index (χ2n) is 6.50. The van der Waals surface area contributed by atoms with Gasteiger partial charge in [0, 0.05) is 5.75 Å². The van der Waals surface area contributed by atoms with Gasteiger partial charge in [0.2, 0.25) is 0 Å². The van der Waals surface area contributed by atoms with Crippen molar-refractivity contribution in [1.82, 2.24) is 10.2 Å². The van der Waals surface area contributed by atoms with Gasteiger partial charge in [0.05, 0.1) is 0 Å². The fourth-order valence-corrected chi connectivity index (χ4v) is 3.86. The first kappa shape index (κ1) is 17.6. The topological polar surface area (TPSA) is 48.2 Å². The highest BCUT2D eigenvalue weighted by atomic mass is 32.2. The molecule has 0 radical (unpaired) electrons. The van der Waals surface area contributed by atoms with Crippen molar-refractivity contribution in [3.8, 4) is 5.75 Å². The van der Waals surface area contributed by atoms with Crippen LogP contribution >= 0.6 is 11.8 Å². The van der Waals surface area contributed by atoms with Crippen molar-refractivity contribution in [2.24, 2.45) is 0 Å². The van der Waals surface area contributed by atoms with Crippen LogP contribution in [0.3, 0.4) is 0 Å². The average molecular weight is 376 g/mol. The van der Waals surface area contributed by atoms with E-state index in [-0.39, 0.29) is 6.61 Å². The molecule has 0 fully saturated rings. The Hall–Kier alpha value is -2.79. The summed E-state index contributed by atoms with van der Waals surface area (Å²) >= 11 is 1.54. The Morgan fingerprint density at radius 3 is 2.56 bits per heavy atom. The molecule has 3 aromatic carbocycles. The Morgan fingerprint density at radius 2 is 1.70 bits per heavy atom. The Balaban J connectivity index is 1.39. The highest BCUT2D eigenvalue weighted by molar-refractivity contribution is 7.98. The third-order valence-corrected chi connectivity index (χ3v) is 5.10. The summed E-state index contributed by atoms with van der Waals surface area (Å²) in [5.74, 6) is 2.08. The summed E-state index contributed by atoms with van der Waals surface area (Å²) in [5, 5.41) is 11.3. The van der Waals surface area contributed by atoms with Crippen molar-refractivity contribution in [3.05, 3.63) is 83.2 Å². The molecular formula is C22H20N2O2S. The zero-order chi connectivity index (χ0) is 18.6. The molecule has 0 spiro atoms. The van der Waals surface area contributed by atoms with Gasteiger partial charge in [0.15, 0.2) is 6.61 Å². The van der Waals surface area contributed by atoms with Crippen LogP contribution in [0.2, 0.25) is 0 Å². The predicted molar refractivity (Wildman–Crippen MR) is 108 cm³/mol. The average Bonchev–Trinajstić information content (AvgIpc) is 3.12. The third kappa shape index (κ3) is 4.31. The molecule has 0 saturated carbocycles. The van der Waals surface area contributed by atoms with Gasteiger partial charge < -0.3 is 9.15 Å². The number of rotatable bonds is 6. The molecule has 4 rings (SSSR count). The lowest BCUT2D eigenvalue weighted by molar-refractivity contribution is 0.252. The molecule has 4 aromatic rings. The molecule has 0 bridgehead atoms. The molecule has 0 N–H and O–H groups in total. The summed E-state index contributed by atoms with van der Waals surface area (Å²) in [5.41, 5.74) is 3.59. The monoisotopic (exact) mass is 376 g/mol. The van der Waals surface area contributed by atoms with Gasteiger partial charge in [-0.15, -0.1) is 10.2 Å². The van der Waals surface area contributed by atoms with Gasteiger partial charge in [-0.25, -0.2) is 0 Å². The van der Waals surface area contributed by atoms with Crippen LogP contribution in [0.15, 0.2) is 70.3 Å². The van der Waals surface area contributed by atoms with Crippen molar-refractivity contribution < 1.29 is 9.15 Å². The zero-order valence-corrected chi connectivity index (χ0v) is 16.1. The van der Waals surface area contributed by atoms with E-state index in [9.17, 15) is 0 Å². The van der Waals surface area contributed by atoms with E-state index in [1.807, 2.05) is 12.1 Å². The number of benzene rings is 3. The Kier molecular flexibility index (Phi) is 5.12. The van der Waals surface area contributed by atoms with Crippen LogP contribution in [0.5, 0.6) is 5.75 Å². The smallest absolute Gasteiger partial charge is 0.277 e. The first-order chi connectivity index (χ1) is 13.2. The molecule has 0 aliphatic heterocycles. The number of aromatic nitrogens is 2. The summed E-state index contributed by atoms with van der Waals surface area (Å²) in [6.45, 7) is 4.37. The molecule has 4 nitrogen and oxygen atoms in total. The highest BCUT2D eigenvalue weighted by Gasteiger charge is 2.09. The summed E-state index contributed by atoms with van der Waals surface area (Å²) < 4.78 is 11.5. The van der Waals surface area contributed by atoms with Crippen molar-refractivity contribution in [2.75, 3.05) is 0 Å². The minimum Gasteiger partial charge on any atom is -0.484 e. The molecule has 1 heterocycles. The van der Waals surface area contributed by atoms with Crippen LogP contribution in [0.1, 0.15) is 22.6 Å². The van der Waals surface area contributed by atoms with Gasteiger partial charge in [-0.3, -0.25) is 0 Å². The Morgan fingerprint density at radius 1 is 0.926 bits per heavy atom. The first-order valence-corrected chi connectivity index (χ1v) is 9.79. The Bertz CT molecular complexity index is 1050. The number of thioether (sulfide) groups is 1. The molecule has 0 unspecified atom stereocenters. The highest BCUT2D eigenvalue weighted by Crippen LogP contribution is 2.27. The van der Waals surface area contributed by atoms with Crippen LogP contribution in [0.25, 0.3) is 10.8 Å². The van der Waals surface area contributed by atoms with E-state index < -0.39 is 0 Å². The summed E-state index contributed by atoms with van der Waals surface area (Å²) in [4.78, 5) is 0. The lowest BCUT2D eigenvalue weighted by Gasteiger charge is -2.06. The van der Waals surface area contributed by atoms with Gasteiger partial charge >= 0.3 is 0 Å². The minimum absolute atomic E-state index is 0.269. The first-order valence-electron chi connectivity index (χ1n) is 8.80. The number of hydrogen-bond acceptors (Lipinski definition) is 5. The largest absolute Gasteiger partial charge is 0.484 e. The molecule has 1 aromatic heterocycles. The number of aryl methyl sites for hydroxylation is 2. The van der Waals surface area contributed by atoms with E-state index in [0.717, 1.165) is 11.5 Å². The predicted octanol–water partition coefficient (Wildman–Crippen LogP) is 5.71. The number of ether oxygens (including phenoxy) is 1. The van der Waals surface area contributed by atoms with Crippen LogP contribution < -0.4 is 4.74 Å². The maximum atomic E-state index is 5.78. The number of fused-ring (bicyclic) bond motifs is 1. The second-order valence-corrected chi connectivity index (χ2v) is 7.43. The SMILES string of the molecule is Cc1cc(C)cc(OCc2nnc(SCc3cccc4ccccc34)o2)c1. The van der Waals surface area contributed by atoms with Crippen LogP contribution in [0.4, 0.5) is 0 Å².